The predicted octanol–water partition coefficient (Wildman–Crippen LogP) is 3.04. The van der Waals surface area contributed by atoms with Crippen molar-refractivity contribution in [2.45, 2.75) is 32.7 Å². The summed E-state index contributed by atoms with van der Waals surface area (Å²) in [6, 6.07) is 4.16. The minimum absolute atomic E-state index is 0.322. The maximum Gasteiger partial charge on any atom is 0.309 e. The molecule has 0 saturated carbocycles. The van der Waals surface area contributed by atoms with Crippen molar-refractivity contribution in [1.82, 2.24) is 4.90 Å². The molecule has 1 aliphatic heterocycles. The van der Waals surface area contributed by atoms with Crippen LogP contribution in [0.5, 0.6) is 0 Å². The van der Waals surface area contributed by atoms with Gasteiger partial charge in [-0.25, -0.2) is 8.78 Å². The van der Waals surface area contributed by atoms with Gasteiger partial charge in [-0.15, -0.1) is 0 Å². The molecule has 1 N–H and O–H groups in total. The first-order valence-electron chi connectivity index (χ1n) is 6.87. The van der Waals surface area contributed by atoms with Gasteiger partial charge in [-0.05, 0) is 38.4 Å². The Morgan fingerprint density at radius 2 is 2.00 bits per heavy atom. The van der Waals surface area contributed by atoms with Gasteiger partial charge >= 0.3 is 5.97 Å². The molecule has 110 valence electrons. The van der Waals surface area contributed by atoms with E-state index in [2.05, 4.69) is 0 Å². The summed E-state index contributed by atoms with van der Waals surface area (Å²) in [6.45, 7) is 3.39. The zero-order valence-corrected chi connectivity index (χ0v) is 11.5. The molecule has 0 amide bonds. The third kappa shape index (κ3) is 2.82. The molecule has 0 spiro atoms. The second kappa shape index (κ2) is 5.87. The average molecular weight is 283 g/mol. The number of rotatable bonds is 4. The van der Waals surface area contributed by atoms with Crippen molar-refractivity contribution in [3.63, 3.8) is 0 Å². The Balaban J connectivity index is 2.01. The number of hydrogen-bond acceptors (Lipinski definition) is 2. The fourth-order valence-corrected chi connectivity index (χ4v) is 2.77. The molecule has 1 saturated heterocycles. The lowest BCUT2D eigenvalue weighted by Gasteiger charge is -2.38. The summed E-state index contributed by atoms with van der Waals surface area (Å²) in [7, 11) is 0. The van der Waals surface area contributed by atoms with Gasteiger partial charge in [-0.2, -0.15) is 0 Å². The summed E-state index contributed by atoms with van der Waals surface area (Å²) in [5.74, 6) is -2.40. The van der Waals surface area contributed by atoms with Crippen LogP contribution in [-0.4, -0.2) is 29.1 Å². The molecule has 0 atom stereocenters. The first-order chi connectivity index (χ1) is 9.48. The monoisotopic (exact) mass is 283 g/mol. The number of carboxylic acid groups (broad SMARTS) is 1. The van der Waals surface area contributed by atoms with Crippen LogP contribution in [0.25, 0.3) is 0 Å². The second-order valence-electron chi connectivity index (χ2n) is 5.43. The van der Waals surface area contributed by atoms with Crippen molar-refractivity contribution in [3.8, 4) is 0 Å². The maximum atomic E-state index is 13.6. The highest BCUT2D eigenvalue weighted by Gasteiger charge is 2.39. The van der Waals surface area contributed by atoms with Crippen molar-refractivity contribution in [2.24, 2.45) is 5.41 Å². The minimum atomic E-state index is -0.840. The van der Waals surface area contributed by atoms with Gasteiger partial charge < -0.3 is 5.11 Å². The number of halogens is 2. The molecule has 2 rings (SSSR count). The summed E-state index contributed by atoms with van der Waals surface area (Å²) in [6.07, 6.45) is 1.70. The number of carbonyl (C=O) groups is 1. The lowest BCUT2D eigenvalue weighted by molar-refractivity contribution is -0.152. The van der Waals surface area contributed by atoms with E-state index >= 15 is 0 Å². The third-order valence-electron chi connectivity index (χ3n) is 4.37. The second-order valence-corrected chi connectivity index (χ2v) is 5.43. The van der Waals surface area contributed by atoms with Crippen LogP contribution in [-0.2, 0) is 11.3 Å². The molecule has 20 heavy (non-hydrogen) atoms. The lowest BCUT2D eigenvalue weighted by atomic mass is 9.76. The Morgan fingerprint density at radius 3 is 2.55 bits per heavy atom. The topological polar surface area (TPSA) is 40.5 Å². The Labute approximate surface area is 117 Å². The average Bonchev–Trinajstić information content (AvgIpc) is 2.44. The van der Waals surface area contributed by atoms with Gasteiger partial charge in [0.15, 0.2) is 11.6 Å². The molecule has 1 aromatic rings. The molecule has 0 unspecified atom stereocenters. The fraction of sp³-hybridized carbons (Fsp3) is 0.533. The van der Waals surface area contributed by atoms with Crippen LogP contribution in [0.2, 0.25) is 0 Å². The minimum Gasteiger partial charge on any atom is -0.481 e. The number of benzene rings is 1. The van der Waals surface area contributed by atoms with Gasteiger partial charge in [0, 0.05) is 12.1 Å². The van der Waals surface area contributed by atoms with Crippen molar-refractivity contribution in [2.75, 3.05) is 13.1 Å². The van der Waals surface area contributed by atoms with Crippen LogP contribution in [0.15, 0.2) is 18.2 Å². The molecule has 0 radical (unpaired) electrons. The summed E-state index contributed by atoms with van der Waals surface area (Å²) >= 11 is 0. The van der Waals surface area contributed by atoms with E-state index in [0.717, 1.165) is 6.07 Å². The molecular weight excluding hydrogens is 264 g/mol. The van der Waals surface area contributed by atoms with Crippen LogP contribution in [0, 0.1) is 17.0 Å². The Kier molecular flexibility index (Phi) is 4.38. The first-order valence-corrected chi connectivity index (χ1v) is 6.87. The van der Waals surface area contributed by atoms with Crippen LogP contribution >= 0.6 is 0 Å². The number of aliphatic carboxylic acids is 1. The van der Waals surface area contributed by atoms with Gasteiger partial charge in [0.25, 0.3) is 0 Å². The fourth-order valence-electron chi connectivity index (χ4n) is 2.77. The standard InChI is InChI=1S/C15H19F2NO2/c1-2-15(14(19)20)6-8-18(9-7-15)10-11-4-3-5-12(16)13(11)17/h3-5H,2,6-10H2,1H3,(H,19,20). The SMILES string of the molecule is CCC1(C(=O)O)CCN(Cc2cccc(F)c2F)CC1. The van der Waals surface area contributed by atoms with Crippen LogP contribution < -0.4 is 0 Å². The highest BCUT2D eigenvalue weighted by atomic mass is 19.2. The molecule has 5 heteroatoms. The normalized spacial score (nSPS) is 18.9. The summed E-state index contributed by atoms with van der Waals surface area (Å²) in [5, 5.41) is 9.32. The maximum absolute atomic E-state index is 13.6. The predicted molar refractivity (Wildman–Crippen MR) is 71.2 cm³/mol. The zero-order valence-electron chi connectivity index (χ0n) is 11.5. The highest BCUT2D eigenvalue weighted by Crippen LogP contribution is 2.35. The Hall–Kier alpha value is -1.49. The molecule has 1 fully saturated rings. The van der Waals surface area contributed by atoms with Crippen LogP contribution in [0.1, 0.15) is 31.7 Å². The van der Waals surface area contributed by atoms with Crippen LogP contribution in [0.3, 0.4) is 0 Å². The number of likely N-dealkylation sites (tertiary alicyclic amines) is 1. The van der Waals surface area contributed by atoms with Gasteiger partial charge in [0.2, 0.25) is 0 Å². The van der Waals surface area contributed by atoms with Gasteiger partial charge in [-0.1, -0.05) is 19.1 Å². The number of piperidine rings is 1. The lowest BCUT2D eigenvalue weighted by Crippen LogP contribution is -2.43. The molecule has 3 nitrogen and oxygen atoms in total. The Morgan fingerprint density at radius 1 is 1.35 bits per heavy atom. The van der Waals surface area contributed by atoms with E-state index < -0.39 is 23.0 Å². The van der Waals surface area contributed by atoms with Crippen molar-refractivity contribution >= 4 is 5.97 Å². The molecule has 1 aromatic carbocycles. The molecule has 1 heterocycles. The van der Waals surface area contributed by atoms with Gasteiger partial charge in [0.1, 0.15) is 0 Å². The summed E-state index contributed by atoms with van der Waals surface area (Å²) < 4.78 is 26.8. The quantitative estimate of drug-likeness (QED) is 0.923. The molecular formula is C15H19F2NO2. The molecule has 0 aromatic heterocycles. The van der Waals surface area contributed by atoms with Crippen molar-refractivity contribution in [1.29, 1.82) is 0 Å². The highest BCUT2D eigenvalue weighted by molar-refractivity contribution is 5.74. The van der Waals surface area contributed by atoms with Crippen molar-refractivity contribution in [3.05, 3.63) is 35.4 Å². The van der Waals surface area contributed by atoms with E-state index in [-0.39, 0.29) is 0 Å². The summed E-state index contributed by atoms with van der Waals surface area (Å²) in [5.41, 5.74) is -0.332. The van der Waals surface area contributed by atoms with E-state index in [1.54, 1.807) is 6.07 Å². The largest absolute Gasteiger partial charge is 0.481 e. The first kappa shape index (κ1) is 14.9. The van der Waals surface area contributed by atoms with Gasteiger partial charge in [0.05, 0.1) is 5.41 Å². The summed E-state index contributed by atoms with van der Waals surface area (Å²) in [4.78, 5) is 13.3. The third-order valence-corrected chi connectivity index (χ3v) is 4.37. The van der Waals surface area contributed by atoms with E-state index in [0.29, 0.717) is 44.5 Å². The Bertz CT molecular complexity index is 497. The zero-order chi connectivity index (χ0) is 14.8. The van der Waals surface area contributed by atoms with E-state index in [1.807, 2.05) is 11.8 Å². The van der Waals surface area contributed by atoms with E-state index in [1.165, 1.54) is 6.07 Å². The smallest absolute Gasteiger partial charge is 0.309 e. The van der Waals surface area contributed by atoms with E-state index in [9.17, 15) is 18.7 Å². The molecule has 0 bridgehead atoms. The number of nitrogens with zero attached hydrogens (tertiary/aromatic N) is 1. The van der Waals surface area contributed by atoms with E-state index in [4.69, 9.17) is 0 Å². The molecule has 0 aliphatic carbocycles. The van der Waals surface area contributed by atoms with Crippen LogP contribution in [0.4, 0.5) is 8.78 Å². The van der Waals surface area contributed by atoms with Crippen molar-refractivity contribution < 1.29 is 18.7 Å². The molecule has 1 aliphatic rings. The number of carboxylic acids is 1. The van der Waals surface area contributed by atoms with Gasteiger partial charge in [-0.3, -0.25) is 9.69 Å². The number of hydrogen-bond donors (Lipinski definition) is 1.